The molecule has 64 heavy (non-hydrogen) atoms. The van der Waals surface area contributed by atoms with Crippen molar-refractivity contribution >= 4 is 66.2 Å². The number of fused-ring (bicyclic) bond motifs is 6. The molecule has 10 nitrogen and oxygen atoms in total. The lowest BCUT2D eigenvalue weighted by molar-refractivity contribution is 0.415. The van der Waals surface area contributed by atoms with Crippen molar-refractivity contribution in [1.29, 1.82) is 0 Å². The third-order valence-electron chi connectivity index (χ3n) is 10.7. The van der Waals surface area contributed by atoms with Gasteiger partial charge in [0.25, 0.3) is 0 Å². The molecule has 12 aromatic rings. The van der Waals surface area contributed by atoms with Gasteiger partial charge in [-0.2, -0.15) is 0 Å². The fraction of sp³-hybridized carbons (Fsp3) is 0.0189. The molecule has 0 saturated heterocycles. The molecule has 0 radical (unpaired) electrons. The highest BCUT2D eigenvalue weighted by atomic mass is 127. The fourth-order valence-corrected chi connectivity index (χ4v) is 8.25. The van der Waals surface area contributed by atoms with Crippen LogP contribution in [0.15, 0.2) is 203 Å². The minimum absolute atomic E-state index is 0.158. The molecule has 12 rings (SSSR count). The van der Waals surface area contributed by atoms with Crippen molar-refractivity contribution in [3.05, 3.63) is 198 Å². The summed E-state index contributed by atoms with van der Waals surface area (Å²) in [5.74, 6) is 2.72. The maximum atomic E-state index is 9.72. The van der Waals surface area contributed by atoms with Crippen molar-refractivity contribution in [3.8, 4) is 63.0 Å². The number of benzene rings is 8. The van der Waals surface area contributed by atoms with Gasteiger partial charge in [-0.15, -0.1) is 20.4 Å². The Bertz CT molecular complexity index is 3470. The van der Waals surface area contributed by atoms with Gasteiger partial charge in [-0.05, 0) is 120 Å². The molecule has 0 amide bonds. The van der Waals surface area contributed by atoms with E-state index in [2.05, 4.69) is 162 Å². The Labute approximate surface area is 380 Å². The molecule has 2 N–H and O–H groups in total. The molecule has 0 saturated carbocycles. The molecule has 0 unspecified atom stereocenters. The van der Waals surface area contributed by atoms with Crippen LogP contribution in [0, 0.1) is 3.57 Å². The van der Waals surface area contributed by atoms with Crippen molar-refractivity contribution in [2.24, 2.45) is 0 Å². The average Bonchev–Trinajstić information content (AvgIpc) is 4.17. The van der Waals surface area contributed by atoms with Crippen LogP contribution in [0.2, 0.25) is 0 Å². The number of aromatic amines is 1. The van der Waals surface area contributed by atoms with E-state index in [1.165, 1.54) is 32.6 Å². The molecule has 4 heterocycles. The summed E-state index contributed by atoms with van der Waals surface area (Å²) in [6.45, 7) is 0. The van der Waals surface area contributed by atoms with E-state index in [1.54, 1.807) is 25.3 Å². The van der Waals surface area contributed by atoms with Gasteiger partial charge in [0.15, 0.2) is 0 Å². The Morgan fingerprint density at radius 1 is 0.469 bits per heavy atom. The van der Waals surface area contributed by atoms with Crippen LogP contribution < -0.4 is 4.74 Å². The largest absolute Gasteiger partial charge is 0.508 e. The van der Waals surface area contributed by atoms with E-state index < -0.39 is 0 Å². The number of H-pyrrole nitrogens is 1. The first-order chi connectivity index (χ1) is 31.5. The first-order valence-corrected chi connectivity index (χ1v) is 21.5. The van der Waals surface area contributed by atoms with Gasteiger partial charge in [-0.25, -0.2) is 0 Å². The van der Waals surface area contributed by atoms with Crippen molar-refractivity contribution in [3.63, 3.8) is 0 Å². The summed E-state index contributed by atoms with van der Waals surface area (Å²) >= 11 is 2.25. The Morgan fingerprint density at radius 2 is 0.922 bits per heavy atom. The molecule has 0 bridgehead atoms. The smallest absolute Gasteiger partial charge is 0.248 e. The summed E-state index contributed by atoms with van der Waals surface area (Å²) in [5.41, 5.74) is 9.00. The lowest BCUT2D eigenvalue weighted by atomic mass is 10.2. The van der Waals surface area contributed by atoms with Gasteiger partial charge in [0.2, 0.25) is 23.6 Å². The van der Waals surface area contributed by atoms with Crippen LogP contribution in [0.3, 0.4) is 0 Å². The van der Waals surface area contributed by atoms with Gasteiger partial charge in [0, 0.05) is 64.1 Å². The third kappa shape index (κ3) is 8.19. The standard InChI is InChI=1S/C26H17N3O2.C15H11IN2O2.C12H9N/c30-20-10-6-8-18(16-20)26-28-27-25(31-26)17-7-5-9-19(15-17)29-23-13-3-1-11-21(23)22-12-2-4-14-24(22)29;1-19-13-7-3-5-11(9-13)15-18-17-14(20-15)10-4-2-6-12(16)8-10;1-3-7-11-9(5-1)10-6-2-4-8-12(10)13-11/h1-16,30H;2-9H,1H3;1-8,13H. The third-order valence-corrected chi connectivity index (χ3v) is 11.3. The molecule has 0 fully saturated rings. The lowest BCUT2D eigenvalue weighted by Crippen LogP contribution is -1.94. The first kappa shape index (κ1) is 40.1. The highest BCUT2D eigenvalue weighted by molar-refractivity contribution is 14.1. The number of hydrogen-bond acceptors (Lipinski definition) is 8. The minimum atomic E-state index is 0.158. The second kappa shape index (κ2) is 17.8. The predicted molar refractivity (Wildman–Crippen MR) is 261 cm³/mol. The van der Waals surface area contributed by atoms with Crippen LogP contribution in [0.25, 0.3) is 95.1 Å². The first-order valence-electron chi connectivity index (χ1n) is 20.4. The molecule has 0 spiro atoms. The van der Waals surface area contributed by atoms with Crippen LogP contribution in [-0.4, -0.2) is 42.2 Å². The van der Waals surface area contributed by atoms with Crippen LogP contribution in [0.5, 0.6) is 11.5 Å². The minimum Gasteiger partial charge on any atom is -0.508 e. The molecule has 0 aliphatic rings. The molecule has 8 aromatic carbocycles. The number of rotatable bonds is 6. The van der Waals surface area contributed by atoms with Crippen LogP contribution in [0.4, 0.5) is 0 Å². The number of methoxy groups -OCH3 is 1. The highest BCUT2D eigenvalue weighted by Gasteiger charge is 2.16. The number of ether oxygens (including phenoxy) is 1. The van der Waals surface area contributed by atoms with Crippen molar-refractivity contribution in [2.45, 2.75) is 0 Å². The zero-order valence-electron chi connectivity index (χ0n) is 34.3. The number of aromatic hydroxyl groups is 1. The van der Waals surface area contributed by atoms with Gasteiger partial charge in [0.1, 0.15) is 11.5 Å². The molecule has 0 aliphatic heterocycles. The van der Waals surface area contributed by atoms with Crippen LogP contribution in [0.1, 0.15) is 0 Å². The van der Waals surface area contributed by atoms with E-state index in [0.717, 1.165) is 42.7 Å². The normalized spacial score (nSPS) is 11.0. The van der Waals surface area contributed by atoms with Crippen LogP contribution in [-0.2, 0) is 0 Å². The number of para-hydroxylation sites is 4. The molecular weight excluding hydrogens is 912 g/mol. The molecule has 4 aromatic heterocycles. The van der Waals surface area contributed by atoms with Crippen molar-refractivity contribution in [2.75, 3.05) is 7.11 Å². The molecular formula is C53H37IN6O4. The maximum Gasteiger partial charge on any atom is 0.248 e. The van der Waals surface area contributed by atoms with E-state index in [-0.39, 0.29) is 5.75 Å². The second-order valence-electron chi connectivity index (χ2n) is 14.8. The molecule has 0 aliphatic carbocycles. The number of phenols is 1. The molecule has 0 atom stereocenters. The summed E-state index contributed by atoms with van der Waals surface area (Å²) in [6, 6.07) is 63.9. The van der Waals surface area contributed by atoms with Crippen molar-refractivity contribution < 1.29 is 18.7 Å². The Hall–Kier alpha value is -8.03. The summed E-state index contributed by atoms with van der Waals surface area (Å²) in [4.78, 5) is 3.38. The summed E-state index contributed by atoms with van der Waals surface area (Å²) in [5, 5.41) is 31.3. The number of halogens is 1. The van der Waals surface area contributed by atoms with E-state index in [4.69, 9.17) is 13.6 Å². The van der Waals surface area contributed by atoms with Gasteiger partial charge in [0.05, 0.1) is 18.1 Å². The van der Waals surface area contributed by atoms with Crippen LogP contribution >= 0.6 is 22.6 Å². The zero-order chi connectivity index (χ0) is 43.4. The Kier molecular flexibility index (Phi) is 11.1. The zero-order valence-corrected chi connectivity index (χ0v) is 36.4. The monoisotopic (exact) mass is 948 g/mol. The van der Waals surface area contributed by atoms with Crippen molar-refractivity contribution in [1.82, 2.24) is 29.9 Å². The summed E-state index contributed by atoms with van der Waals surface area (Å²) in [6.07, 6.45) is 0. The fourth-order valence-electron chi connectivity index (χ4n) is 7.71. The second-order valence-corrected chi connectivity index (χ2v) is 16.0. The van der Waals surface area contributed by atoms with E-state index in [0.29, 0.717) is 29.1 Å². The average molecular weight is 949 g/mol. The molecule has 11 heteroatoms. The lowest BCUT2D eigenvalue weighted by Gasteiger charge is -2.08. The SMILES string of the molecule is COc1cccc(-c2nnc(-c3cccc(I)c3)o2)c1.Oc1cccc(-c2nnc(-c3cccc(-n4c5ccccc5c5ccccc54)c3)o2)c1.c1ccc2c(c1)[nH]c1ccccc12. The summed E-state index contributed by atoms with van der Waals surface area (Å²) < 4.78 is 20.2. The van der Waals surface area contributed by atoms with E-state index in [1.807, 2.05) is 66.7 Å². The number of aromatic nitrogens is 6. The highest BCUT2D eigenvalue weighted by Crippen LogP contribution is 2.34. The summed E-state index contributed by atoms with van der Waals surface area (Å²) in [7, 11) is 1.63. The number of nitrogens with one attached hydrogen (secondary N) is 1. The topological polar surface area (TPSA) is 128 Å². The van der Waals surface area contributed by atoms with Gasteiger partial charge in [-0.1, -0.05) is 97.1 Å². The predicted octanol–water partition coefficient (Wildman–Crippen LogP) is 13.5. The van der Waals surface area contributed by atoms with E-state index in [9.17, 15) is 5.11 Å². The number of hydrogen-bond donors (Lipinski definition) is 2. The van der Waals surface area contributed by atoms with Gasteiger partial charge in [-0.3, -0.25) is 0 Å². The Morgan fingerprint density at radius 3 is 1.47 bits per heavy atom. The maximum absolute atomic E-state index is 9.72. The van der Waals surface area contributed by atoms with Gasteiger partial charge >= 0.3 is 0 Å². The quantitative estimate of drug-likeness (QED) is 0.158. The number of phenolic OH excluding ortho intramolecular Hbond substituents is 1. The van der Waals surface area contributed by atoms with E-state index >= 15 is 0 Å². The Balaban J connectivity index is 0.000000125. The molecule has 310 valence electrons. The number of nitrogens with zero attached hydrogens (tertiary/aromatic N) is 5. The van der Waals surface area contributed by atoms with Gasteiger partial charge < -0.3 is 28.2 Å².